The molecule has 6 nitrogen and oxygen atoms in total. The van der Waals surface area contributed by atoms with Crippen molar-refractivity contribution in [3.8, 4) is 5.75 Å². The van der Waals surface area contributed by atoms with Gasteiger partial charge in [0.15, 0.2) is 0 Å². The van der Waals surface area contributed by atoms with E-state index in [-0.39, 0.29) is 24.6 Å². The van der Waals surface area contributed by atoms with Crippen LogP contribution in [0.15, 0.2) is 53.3 Å². The lowest BCUT2D eigenvalue weighted by molar-refractivity contribution is -0.144. The number of hydrogen-bond acceptors (Lipinski definition) is 5. The second-order valence-electron chi connectivity index (χ2n) is 6.29. The molecule has 3 aromatic rings. The molecule has 3 rings (SSSR count). The first-order chi connectivity index (χ1) is 13.0. The zero-order valence-electron chi connectivity index (χ0n) is 15.5. The highest BCUT2D eigenvalue weighted by molar-refractivity contribution is 5.77. The normalized spacial score (nSPS) is 10.7. The van der Waals surface area contributed by atoms with Gasteiger partial charge in [-0.25, -0.2) is 4.98 Å². The molecule has 27 heavy (non-hydrogen) atoms. The van der Waals surface area contributed by atoms with Gasteiger partial charge < -0.3 is 9.47 Å². The summed E-state index contributed by atoms with van der Waals surface area (Å²) >= 11 is 0. The molecule has 0 unspecified atom stereocenters. The number of nitrogens with zero attached hydrogens (tertiary/aromatic N) is 2. The summed E-state index contributed by atoms with van der Waals surface area (Å²) in [6.45, 7) is 2.48. The molecule has 140 valence electrons. The molecule has 0 fully saturated rings. The van der Waals surface area contributed by atoms with Crippen molar-refractivity contribution in [1.29, 1.82) is 0 Å². The predicted molar refractivity (Wildman–Crippen MR) is 103 cm³/mol. The maximum atomic E-state index is 12.4. The van der Waals surface area contributed by atoms with Gasteiger partial charge in [0.25, 0.3) is 5.56 Å². The number of para-hydroxylation sites is 1. The number of carbonyl (C=O) groups excluding carboxylic acids is 1. The Morgan fingerprint density at radius 2 is 1.81 bits per heavy atom. The van der Waals surface area contributed by atoms with Crippen molar-refractivity contribution in [2.75, 3.05) is 13.2 Å². The van der Waals surface area contributed by atoms with Crippen molar-refractivity contribution in [2.24, 2.45) is 7.05 Å². The summed E-state index contributed by atoms with van der Waals surface area (Å²) in [6, 6.07) is 14.9. The lowest BCUT2D eigenvalue weighted by Crippen LogP contribution is -2.23. The Morgan fingerprint density at radius 3 is 2.59 bits per heavy atom. The van der Waals surface area contributed by atoms with Crippen LogP contribution < -0.4 is 10.3 Å². The van der Waals surface area contributed by atoms with Crippen molar-refractivity contribution < 1.29 is 14.3 Å². The molecular weight excluding hydrogens is 344 g/mol. The number of benzene rings is 2. The van der Waals surface area contributed by atoms with Crippen LogP contribution >= 0.6 is 0 Å². The van der Waals surface area contributed by atoms with Crippen LogP contribution in [0.1, 0.15) is 17.8 Å². The fourth-order valence-electron chi connectivity index (χ4n) is 2.72. The van der Waals surface area contributed by atoms with Gasteiger partial charge >= 0.3 is 5.97 Å². The van der Waals surface area contributed by atoms with E-state index in [1.807, 2.05) is 37.3 Å². The first-order valence-electron chi connectivity index (χ1n) is 8.84. The Balaban J connectivity index is 1.49. The van der Waals surface area contributed by atoms with E-state index in [1.165, 1.54) is 4.57 Å². The summed E-state index contributed by atoms with van der Waals surface area (Å²) < 4.78 is 12.2. The van der Waals surface area contributed by atoms with Gasteiger partial charge in [0.05, 0.1) is 17.3 Å². The Labute approximate surface area is 157 Å². The summed E-state index contributed by atoms with van der Waals surface area (Å²) in [5.41, 5.74) is 1.68. The Kier molecular flexibility index (Phi) is 5.86. The topological polar surface area (TPSA) is 70.4 Å². The SMILES string of the molecule is Cc1ccc(OCCOC(=O)CCc2nc3ccccc3c(=O)n2C)cc1. The maximum Gasteiger partial charge on any atom is 0.306 e. The maximum absolute atomic E-state index is 12.4. The standard InChI is InChI=1S/C21H22N2O4/c1-15-7-9-16(10-8-15)26-13-14-27-20(24)12-11-19-22-18-6-4-3-5-17(18)21(25)23(19)2/h3-10H,11-14H2,1-2H3. The number of ether oxygens (including phenoxy) is 2. The third-order valence-corrected chi connectivity index (χ3v) is 4.26. The van der Waals surface area contributed by atoms with Gasteiger partial charge in [0.1, 0.15) is 24.8 Å². The minimum atomic E-state index is -0.343. The Bertz CT molecular complexity index is 993. The highest BCUT2D eigenvalue weighted by Crippen LogP contribution is 2.11. The quantitative estimate of drug-likeness (QED) is 0.475. The monoisotopic (exact) mass is 366 g/mol. The van der Waals surface area contributed by atoms with Crippen LogP contribution in [-0.2, 0) is 23.0 Å². The minimum Gasteiger partial charge on any atom is -0.490 e. The average Bonchev–Trinajstić information content (AvgIpc) is 2.68. The second-order valence-corrected chi connectivity index (χ2v) is 6.29. The number of aryl methyl sites for hydroxylation is 2. The molecule has 0 aliphatic heterocycles. The van der Waals surface area contributed by atoms with Gasteiger partial charge in [-0.2, -0.15) is 0 Å². The highest BCUT2D eigenvalue weighted by Gasteiger charge is 2.10. The van der Waals surface area contributed by atoms with E-state index < -0.39 is 0 Å². The van der Waals surface area contributed by atoms with E-state index in [9.17, 15) is 9.59 Å². The zero-order valence-corrected chi connectivity index (χ0v) is 15.5. The molecule has 0 saturated heterocycles. The largest absolute Gasteiger partial charge is 0.490 e. The first-order valence-corrected chi connectivity index (χ1v) is 8.84. The molecule has 0 bridgehead atoms. The van der Waals surface area contributed by atoms with Crippen LogP contribution in [0.25, 0.3) is 10.9 Å². The van der Waals surface area contributed by atoms with E-state index in [0.29, 0.717) is 29.8 Å². The molecule has 1 aromatic heterocycles. The van der Waals surface area contributed by atoms with E-state index in [1.54, 1.807) is 25.2 Å². The molecule has 0 N–H and O–H groups in total. The molecule has 0 atom stereocenters. The van der Waals surface area contributed by atoms with Crippen molar-refractivity contribution in [3.05, 3.63) is 70.3 Å². The highest BCUT2D eigenvalue weighted by atomic mass is 16.6. The molecule has 6 heteroatoms. The van der Waals surface area contributed by atoms with Gasteiger partial charge in [0, 0.05) is 13.5 Å². The van der Waals surface area contributed by atoms with Crippen LogP contribution in [0.5, 0.6) is 5.75 Å². The number of aromatic nitrogens is 2. The van der Waals surface area contributed by atoms with Crippen molar-refractivity contribution >= 4 is 16.9 Å². The predicted octanol–water partition coefficient (Wildman–Crippen LogP) is 2.80. The molecule has 0 spiro atoms. The summed E-state index contributed by atoms with van der Waals surface area (Å²) in [6.07, 6.45) is 0.497. The fraction of sp³-hybridized carbons (Fsp3) is 0.286. The summed E-state index contributed by atoms with van der Waals surface area (Å²) in [7, 11) is 1.66. The minimum absolute atomic E-state index is 0.115. The third-order valence-electron chi connectivity index (χ3n) is 4.26. The van der Waals surface area contributed by atoms with Gasteiger partial charge in [0.2, 0.25) is 0 Å². The lowest BCUT2D eigenvalue weighted by Gasteiger charge is -2.10. The van der Waals surface area contributed by atoms with E-state index >= 15 is 0 Å². The molecule has 1 heterocycles. The van der Waals surface area contributed by atoms with E-state index in [2.05, 4.69) is 4.98 Å². The van der Waals surface area contributed by atoms with Crippen LogP contribution in [0, 0.1) is 6.92 Å². The summed E-state index contributed by atoms with van der Waals surface area (Å²) in [5, 5.41) is 0.569. The van der Waals surface area contributed by atoms with E-state index in [4.69, 9.17) is 9.47 Å². The van der Waals surface area contributed by atoms with Crippen LogP contribution in [-0.4, -0.2) is 28.7 Å². The molecule has 0 aliphatic rings. The molecule has 0 amide bonds. The van der Waals surface area contributed by atoms with Gasteiger partial charge in [-0.1, -0.05) is 29.8 Å². The van der Waals surface area contributed by atoms with E-state index in [0.717, 1.165) is 11.3 Å². The van der Waals surface area contributed by atoms with Gasteiger partial charge in [-0.15, -0.1) is 0 Å². The molecular formula is C21H22N2O4. The van der Waals surface area contributed by atoms with Crippen LogP contribution in [0.2, 0.25) is 0 Å². The third kappa shape index (κ3) is 4.73. The molecule has 2 aromatic carbocycles. The van der Waals surface area contributed by atoms with Crippen molar-refractivity contribution in [1.82, 2.24) is 9.55 Å². The Morgan fingerprint density at radius 1 is 1.07 bits per heavy atom. The molecule has 0 saturated carbocycles. The van der Waals surface area contributed by atoms with Crippen molar-refractivity contribution in [3.63, 3.8) is 0 Å². The van der Waals surface area contributed by atoms with Gasteiger partial charge in [-0.05, 0) is 31.2 Å². The number of esters is 1. The number of rotatable bonds is 7. The van der Waals surface area contributed by atoms with Crippen molar-refractivity contribution in [2.45, 2.75) is 19.8 Å². The number of fused-ring (bicyclic) bond motifs is 1. The van der Waals surface area contributed by atoms with Crippen LogP contribution in [0.4, 0.5) is 0 Å². The summed E-state index contributed by atoms with van der Waals surface area (Å²) in [4.78, 5) is 28.8. The number of carbonyl (C=O) groups is 1. The number of hydrogen-bond donors (Lipinski definition) is 0. The second kappa shape index (κ2) is 8.49. The average molecular weight is 366 g/mol. The smallest absolute Gasteiger partial charge is 0.306 e. The first kappa shape index (κ1) is 18.6. The molecule has 0 radical (unpaired) electrons. The fourth-order valence-corrected chi connectivity index (χ4v) is 2.72. The zero-order chi connectivity index (χ0) is 19.2. The molecule has 0 aliphatic carbocycles. The summed E-state index contributed by atoms with van der Waals surface area (Å²) in [5.74, 6) is 0.962. The van der Waals surface area contributed by atoms with Gasteiger partial charge in [-0.3, -0.25) is 14.2 Å². The lowest BCUT2D eigenvalue weighted by atomic mass is 10.2. The Hall–Kier alpha value is -3.15. The van der Waals surface area contributed by atoms with Crippen LogP contribution in [0.3, 0.4) is 0 Å².